The van der Waals surface area contributed by atoms with E-state index in [4.69, 9.17) is 4.74 Å². The Hall–Kier alpha value is -3.67. The Labute approximate surface area is 155 Å². The molecule has 0 unspecified atom stereocenters. The standard InChI is InChI=1S/C21H17FN2O3/c22-16-8-10-18(11-9-16)24-21(26)15-6-12-19(13-7-15)27-14-20(25)23-17-4-2-1-3-5-17/h1-13H,14H2,(H,23,25)(H,24,26). The molecule has 5 nitrogen and oxygen atoms in total. The second kappa shape index (κ2) is 8.62. The van der Waals surface area contributed by atoms with Gasteiger partial charge in [-0.05, 0) is 60.7 Å². The van der Waals surface area contributed by atoms with Gasteiger partial charge in [-0.3, -0.25) is 9.59 Å². The van der Waals surface area contributed by atoms with Crippen molar-refractivity contribution in [2.24, 2.45) is 0 Å². The zero-order valence-electron chi connectivity index (χ0n) is 14.3. The second-order valence-electron chi connectivity index (χ2n) is 5.69. The Balaban J connectivity index is 1.51. The van der Waals surface area contributed by atoms with Crippen LogP contribution in [0.4, 0.5) is 15.8 Å². The summed E-state index contributed by atoms with van der Waals surface area (Å²) < 4.78 is 18.3. The highest BCUT2D eigenvalue weighted by Gasteiger charge is 2.08. The van der Waals surface area contributed by atoms with E-state index in [1.165, 1.54) is 24.3 Å². The SMILES string of the molecule is O=C(COc1ccc(C(=O)Nc2ccc(F)cc2)cc1)Nc1ccccc1. The number of amides is 2. The van der Waals surface area contributed by atoms with Crippen LogP contribution in [0, 0.1) is 5.82 Å². The second-order valence-corrected chi connectivity index (χ2v) is 5.69. The summed E-state index contributed by atoms with van der Waals surface area (Å²) in [7, 11) is 0. The molecule has 0 aliphatic rings. The summed E-state index contributed by atoms with van der Waals surface area (Å²) in [5, 5.41) is 5.39. The van der Waals surface area contributed by atoms with Crippen LogP contribution in [-0.2, 0) is 4.79 Å². The van der Waals surface area contributed by atoms with E-state index in [9.17, 15) is 14.0 Å². The molecular formula is C21H17FN2O3. The van der Waals surface area contributed by atoms with Crippen LogP contribution in [0.25, 0.3) is 0 Å². The molecule has 0 saturated heterocycles. The molecule has 3 aromatic rings. The first-order valence-corrected chi connectivity index (χ1v) is 8.25. The van der Waals surface area contributed by atoms with Gasteiger partial charge < -0.3 is 15.4 Å². The average Bonchev–Trinajstić information content (AvgIpc) is 2.69. The predicted octanol–water partition coefficient (Wildman–Crippen LogP) is 4.10. The Morgan fingerprint density at radius 3 is 2.07 bits per heavy atom. The van der Waals surface area contributed by atoms with Gasteiger partial charge in [0.25, 0.3) is 11.8 Å². The highest BCUT2D eigenvalue weighted by Crippen LogP contribution is 2.15. The first kappa shape index (κ1) is 18.1. The summed E-state index contributed by atoms with van der Waals surface area (Å²) in [4.78, 5) is 24.0. The first-order chi connectivity index (χ1) is 13.1. The summed E-state index contributed by atoms with van der Waals surface area (Å²) in [6, 6.07) is 21.0. The molecule has 136 valence electrons. The number of benzene rings is 3. The van der Waals surface area contributed by atoms with Crippen molar-refractivity contribution in [2.75, 3.05) is 17.2 Å². The smallest absolute Gasteiger partial charge is 0.262 e. The summed E-state index contributed by atoms with van der Waals surface area (Å²) in [5.74, 6) is -0.503. The Morgan fingerprint density at radius 1 is 0.778 bits per heavy atom. The number of hydrogen-bond donors (Lipinski definition) is 2. The number of anilines is 2. The maximum Gasteiger partial charge on any atom is 0.262 e. The van der Waals surface area contributed by atoms with Gasteiger partial charge in [0.2, 0.25) is 0 Å². The van der Waals surface area contributed by atoms with Crippen LogP contribution in [-0.4, -0.2) is 18.4 Å². The summed E-state index contributed by atoms with van der Waals surface area (Å²) in [6.45, 7) is -0.143. The van der Waals surface area contributed by atoms with Gasteiger partial charge in [-0.25, -0.2) is 4.39 Å². The summed E-state index contributed by atoms with van der Waals surface area (Å²) in [6.07, 6.45) is 0. The van der Waals surface area contributed by atoms with E-state index in [2.05, 4.69) is 10.6 Å². The van der Waals surface area contributed by atoms with E-state index in [0.717, 1.165) is 0 Å². The molecular weight excluding hydrogens is 347 g/mol. The van der Waals surface area contributed by atoms with Crippen molar-refractivity contribution >= 4 is 23.2 Å². The maximum atomic E-state index is 12.9. The van der Waals surface area contributed by atoms with Crippen LogP contribution in [0.2, 0.25) is 0 Å². The van der Waals surface area contributed by atoms with Crippen LogP contribution in [0.3, 0.4) is 0 Å². The van der Waals surface area contributed by atoms with E-state index in [-0.39, 0.29) is 24.2 Å². The van der Waals surface area contributed by atoms with Crippen molar-refractivity contribution in [1.82, 2.24) is 0 Å². The van der Waals surface area contributed by atoms with Crippen molar-refractivity contribution < 1.29 is 18.7 Å². The molecule has 3 rings (SSSR count). The molecule has 0 bridgehead atoms. The molecule has 27 heavy (non-hydrogen) atoms. The van der Waals surface area contributed by atoms with E-state index >= 15 is 0 Å². The molecule has 0 fully saturated rings. The fourth-order valence-electron chi connectivity index (χ4n) is 2.31. The van der Waals surface area contributed by atoms with Crippen molar-refractivity contribution in [2.45, 2.75) is 0 Å². The monoisotopic (exact) mass is 364 g/mol. The van der Waals surface area contributed by atoms with Gasteiger partial charge in [0.05, 0.1) is 0 Å². The molecule has 6 heteroatoms. The largest absolute Gasteiger partial charge is 0.484 e. The molecule has 0 spiro atoms. The fraction of sp³-hybridized carbons (Fsp3) is 0.0476. The van der Waals surface area contributed by atoms with Gasteiger partial charge in [-0.1, -0.05) is 18.2 Å². The minimum atomic E-state index is -0.370. The van der Waals surface area contributed by atoms with Crippen molar-refractivity contribution in [3.63, 3.8) is 0 Å². The number of hydrogen-bond acceptors (Lipinski definition) is 3. The van der Waals surface area contributed by atoms with Crippen molar-refractivity contribution in [1.29, 1.82) is 0 Å². The van der Waals surface area contributed by atoms with E-state index < -0.39 is 0 Å². The Bertz CT molecular complexity index is 910. The molecule has 2 amide bonds. The normalized spacial score (nSPS) is 10.1. The number of para-hydroxylation sites is 1. The maximum absolute atomic E-state index is 12.9. The van der Waals surface area contributed by atoms with Gasteiger partial charge in [0, 0.05) is 16.9 Å². The van der Waals surface area contributed by atoms with Crippen LogP contribution in [0.5, 0.6) is 5.75 Å². The lowest BCUT2D eigenvalue weighted by molar-refractivity contribution is -0.118. The lowest BCUT2D eigenvalue weighted by atomic mass is 10.2. The quantitative estimate of drug-likeness (QED) is 0.692. The van der Waals surface area contributed by atoms with E-state index in [1.807, 2.05) is 18.2 Å². The van der Waals surface area contributed by atoms with E-state index in [0.29, 0.717) is 22.7 Å². The molecule has 0 aromatic heterocycles. The van der Waals surface area contributed by atoms with E-state index in [1.54, 1.807) is 36.4 Å². The molecule has 0 aliphatic carbocycles. The zero-order chi connectivity index (χ0) is 19.1. The third kappa shape index (κ3) is 5.40. The lowest BCUT2D eigenvalue weighted by Gasteiger charge is -2.09. The Kier molecular flexibility index (Phi) is 5.79. The zero-order valence-corrected chi connectivity index (χ0v) is 14.3. The summed E-state index contributed by atoms with van der Waals surface area (Å²) >= 11 is 0. The summed E-state index contributed by atoms with van der Waals surface area (Å²) in [5.41, 5.74) is 1.61. The molecule has 0 atom stereocenters. The van der Waals surface area contributed by atoms with Gasteiger partial charge in [0.1, 0.15) is 11.6 Å². The predicted molar refractivity (Wildman–Crippen MR) is 101 cm³/mol. The number of carbonyl (C=O) groups excluding carboxylic acids is 2. The number of rotatable bonds is 6. The Morgan fingerprint density at radius 2 is 1.41 bits per heavy atom. The van der Waals surface area contributed by atoms with Crippen molar-refractivity contribution in [3.8, 4) is 5.75 Å². The molecule has 2 N–H and O–H groups in total. The van der Waals surface area contributed by atoms with Gasteiger partial charge in [-0.2, -0.15) is 0 Å². The number of carbonyl (C=O) groups is 2. The fourth-order valence-corrected chi connectivity index (χ4v) is 2.31. The number of halogens is 1. The molecule has 0 aliphatic heterocycles. The van der Waals surface area contributed by atoms with Crippen LogP contribution >= 0.6 is 0 Å². The first-order valence-electron chi connectivity index (χ1n) is 8.25. The minimum Gasteiger partial charge on any atom is -0.484 e. The third-order valence-corrected chi connectivity index (χ3v) is 3.65. The van der Waals surface area contributed by atoms with Gasteiger partial charge >= 0.3 is 0 Å². The number of nitrogens with one attached hydrogen (secondary N) is 2. The lowest BCUT2D eigenvalue weighted by Crippen LogP contribution is -2.20. The average molecular weight is 364 g/mol. The van der Waals surface area contributed by atoms with Crippen LogP contribution in [0.1, 0.15) is 10.4 Å². The number of ether oxygens (including phenoxy) is 1. The minimum absolute atomic E-state index is 0.143. The van der Waals surface area contributed by atoms with Gasteiger partial charge in [-0.15, -0.1) is 0 Å². The van der Waals surface area contributed by atoms with Crippen molar-refractivity contribution in [3.05, 3.63) is 90.2 Å². The molecule has 0 heterocycles. The highest BCUT2D eigenvalue weighted by atomic mass is 19.1. The topological polar surface area (TPSA) is 67.4 Å². The highest BCUT2D eigenvalue weighted by molar-refractivity contribution is 6.04. The van der Waals surface area contributed by atoms with Crippen LogP contribution < -0.4 is 15.4 Å². The molecule has 3 aromatic carbocycles. The molecule has 0 radical (unpaired) electrons. The molecule has 0 saturated carbocycles. The third-order valence-electron chi connectivity index (χ3n) is 3.65. The van der Waals surface area contributed by atoms with Gasteiger partial charge in [0.15, 0.2) is 6.61 Å². The van der Waals surface area contributed by atoms with Crippen LogP contribution in [0.15, 0.2) is 78.9 Å².